The van der Waals surface area contributed by atoms with Gasteiger partial charge in [-0.2, -0.15) is 11.8 Å². The topological polar surface area (TPSA) is 46.3 Å². The molecule has 1 heterocycles. The summed E-state index contributed by atoms with van der Waals surface area (Å²) in [7, 11) is 0. The van der Waals surface area contributed by atoms with E-state index in [-0.39, 0.29) is 18.4 Å². The lowest BCUT2D eigenvalue weighted by Gasteiger charge is -2.24. The molecule has 2 unspecified atom stereocenters. The Labute approximate surface area is 122 Å². The summed E-state index contributed by atoms with van der Waals surface area (Å²) in [5, 5.41) is 0.641. The number of likely N-dealkylation sites (tertiary alicyclic amines) is 1. The fraction of sp³-hybridized carbons (Fsp3) is 0.923. The summed E-state index contributed by atoms with van der Waals surface area (Å²) in [6.45, 7) is 6.04. The van der Waals surface area contributed by atoms with Gasteiger partial charge in [-0.15, -0.1) is 12.4 Å². The zero-order valence-corrected chi connectivity index (χ0v) is 13.2. The molecule has 1 rings (SSSR count). The largest absolute Gasteiger partial charge is 0.342 e. The van der Waals surface area contributed by atoms with E-state index in [1.807, 2.05) is 18.7 Å². The lowest BCUT2D eigenvalue weighted by Crippen LogP contribution is -2.36. The normalized spacial score (nSPS) is 21.9. The number of halogens is 1. The third kappa shape index (κ3) is 6.86. The van der Waals surface area contributed by atoms with Gasteiger partial charge in [-0.1, -0.05) is 13.3 Å². The molecule has 0 aromatic carbocycles. The van der Waals surface area contributed by atoms with E-state index in [0.29, 0.717) is 17.6 Å². The van der Waals surface area contributed by atoms with Crippen LogP contribution in [0.3, 0.4) is 0 Å². The number of amides is 1. The molecule has 0 bridgehead atoms. The summed E-state index contributed by atoms with van der Waals surface area (Å²) >= 11 is 1.99. The number of carbonyl (C=O) groups excluding carboxylic acids is 1. The highest BCUT2D eigenvalue weighted by Gasteiger charge is 2.21. The predicted octanol–water partition coefficient (Wildman–Crippen LogP) is 2.67. The van der Waals surface area contributed by atoms with Gasteiger partial charge in [-0.05, 0) is 31.9 Å². The van der Waals surface area contributed by atoms with Gasteiger partial charge in [-0.25, -0.2) is 0 Å². The molecule has 2 N–H and O–H groups in total. The predicted molar refractivity (Wildman–Crippen MR) is 82.5 cm³/mol. The second-order valence-electron chi connectivity index (χ2n) is 4.93. The Morgan fingerprint density at radius 1 is 1.50 bits per heavy atom. The van der Waals surface area contributed by atoms with Crippen LogP contribution >= 0.6 is 24.2 Å². The maximum absolute atomic E-state index is 12.1. The summed E-state index contributed by atoms with van der Waals surface area (Å²) in [4.78, 5) is 14.1. The van der Waals surface area contributed by atoms with E-state index < -0.39 is 0 Å². The van der Waals surface area contributed by atoms with Gasteiger partial charge in [0.1, 0.15) is 0 Å². The molecule has 1 aliphatic heterocycles. The molecular formula is C13H27ClN2OS. The Balaban J connectivity index is 0.00000289. The van der Waals surface area contributed by atoms with E-state index in [0.717, 1.165) is 31.7 Å². The molecule has 0 aliphatic carbocycles. The number of nitrogens with zero attached hydrogens (tertiary/aromatic N) is 1. The van der Waals surface area contributed by atoms with Crippen LogP contribution < -0.4 is 5.73 Å². The molecular weight excluding hydrogens is 268 g/mol. The molecule has 108 valence electrons. The van der Waals surface area contributed by atoms with Crippen molar-refractivity contribution in [3.63, 3.8) is 0 Å². The van der Waals surface area contributed by atoms with Crippen molar-refractivity contribution >= 4 is 30.1 Å². The lowest BCUT2D eigenvalue weighted by molar-refractivity contribution is -0.131. The number of hydrogen-bond acceptors (Lipinski definition) is 3. The Morgan fingerprint density at radius 3 is 2.83 bits per heavy atom. The zero-order chi connectivity index (χ0) is 12.7. The molecule has 1 fully saturated rings. The summed E-state index contributed by atoms with van der Waals surface area (Å²) in [6.07, 6.45) is 5.09. The van der Waals surface area contributed by atoms with Crippen LogP contribution in [0.5, 0.6) is 0 Å². The Morgan fingerprint density at radius 2 is 2.22 bits per heavy atom. The van der Waals surface area contributed by atoms with Crippen LogP contribution in [0.1, 0.15) is 46.0 Å². The smallest absolute Gasteiger partial charge is 0.222 e. The van der Waals surface area contributed by atoms with Crippen LogP contribution in [0.2, 0.25) is 0 Å². The highest BCUT2D eigenvalue weighted by atomic mass is 35.5. The number of rotatable bonds is 5. The molecule has 0 spiro atoms. The average Bonchev–Trinajstić information content (AvgIpc) is 2.52. The van der Waals surface area contributed by atoms with Crippen LogP contribution in [0.4, 0.5) is 0 Å². The fourth-order valence-corrected chi connectivity index (χ4v) is 3.30. The second-order valence-corrected chi connectivity index (χ2v) is 6.51. The minimum Gasteiger partial charge on any atom is -0.342 e. The van der Waals surface area contributed by atoms with Crippen molar-refractivity contribution in [2.75, 3.05) is 18.8 Å². The van der Waals surface area contributed by atoms with E-state index in [2.05, 4.69) is 11.8 Å². The fourth-order valence-electron chi connectivity index (χ4n) is 2.21. The molecule has 2 atom stereocenters. The Hall–Kier alpha value is 0.0700. The summed E-state index contributed by atoms with van der Waals surface area (Å²) < 4.78 is 0. The Bertz CT molecular complexity index is 239. The number of carbonyl (C=O) groups is 1. The van der Waals surface area contributed by atoms with Crippen LogP contribution in [0.15, 0.2) is 0 Å². The lowest BCUT2D eigenvalue weighted by atomic mass is 10.2. The van der Waals surface area contributed by atoms with Crippen molar-refractivity contribution in [3.8, 4) is 0 Å². The van der Waals surface area contributed by atoms with Crippen molar-refractivity contribution < 1.29 is 4.79 Å². The molecule has 18 heavy (non-hydrogen) atoms. The van der Waals surface area contributed by atoms with E-state index in [9.17, 15) is 4.79 Å². The van der Waals surface area contributed by atoms with Crippen LogP contribution in [-0.4, -0.2) is 40.9 Å². The van der Waals surface area contributed by atoms with Crippen molar-refractivity contribution in [3.05, 3.63) is 0 Å². The first kappa shape index (κ1) is 18.1. The maximum atomic E-state index is 12.1. The van der Waals surface area contributed by atoms with Crippen molar-refractivity contribution in [2.45, 2.75) is 57.2 Å². The van der Waals surface area contributed by atoms with Crippen molar-refractivity contribution in [1.82, 2.24) is 4.90 Å². The first-order valence-corrected chi connectivity index (χ1v) is 7.83. The minimum atomic E-state index is 0. The second kappa shape index (κ2) is 9.93. The number of hydrogen-bond donors (Lipinski definition) is 1. The van der Waals surface area contributed by atoms with Gasteiger partial charge >= 0.3 is 0 Å². The van der Waals surface area contributed by atoms with Crippen molar-refractivity contribution in [1.29, 1.82) is 0 Å². The minimum absolute atomic E-state index is 0. The summed E-state index contributed by atoms with van der Waals surface area (Å²) in [5.74, 6) is 1.44. The molecule has 3 nitrogen and oxygen atoms in total. The van der Waals surface area contributed by atoms with Gasteiger partial charge < -0.3 is 10.6 Å². The molecule has 1 amide bonds. The third-order valence-corrected chi connectivity index (χ3v) is 4.39. The monoisotopic (exact) mass is 294 g/mol. The first-order valence-electron chi connectivity index (χ1n) is 6.78. The van der Waals surface area contributed by atoms with Crippen molar-refractivity contribution in [2.24, 2.45) is 5.73 Å². The SMILES string of the molecule is CCSC1CCCCN(C(=O)CCC(C)N)C1.Cl. The molecule has 0 saturated carbocycles. The van der Waals surface area contributed by atoms with Crippen LogP contribution in [-0.2, 0) is 4.79 Å². The Kier molecular flexibility index (Phi) is 9.97. The standard InChI is InChI=1S/C13H26N2OS.ClH/c1-3-17-12-6-4-5-9-15(10-12)13(16)8-7-11(2)14;/h11-12H,3-10,14H2,1-2H3;1H. The quantitative estimate of drug-likeness (QED) is 0.848. The van der Waals surface area contributed by atoms with Gasteiger partial charge in [0, 0.05) is 30.8 Å². The van der Waals surface area contributed by atoms with Gasteiger partial charge in [0.2, 0.25) is 5.91 Å². The van der Waals surface area contributed by atoms with Gasteiger partial charge in [0.05, 0.1) is 0 Å². The number of nitrogens with two attached hydrogens (primary N) is 1. The van der Waals surface area contributed by atoms with Crippen LogP contribution in [0, 0.1) is 0 Å². The molecule has 5 heteroatoms. The van der Waals surface area contributed by atoms with E-state index in [4.69, 9.17) is 5.73 Å². The van der Waals surface area contributed by atoms with Gasteiger partial charge in [0.15, 0.2) is 0 Å². The number of thioether (sulfide) groups is 1. The van der Waals surface area contributed by atoms with E-state index in [1.54, 1.807) is 0 Å². The maximum Gasteiger partial charge on any atom is 0.222 e. The van der Waals surface area contributed by atoms with E-state index in [1.165, 1.54) is 12.8 Å². The molecule has 1 aliphatic rings. The van der Waals surface area contributed by atoms with Gasteiger partial charge in [0.25, 0.3) is 0 Å². The average molecular weight is 295 g/mol. The molecule has 0 radical (unpaired) electrons. The first-order chi connectivity index (χ1) is 8.13. The zero-order valence-electron chi connectivity index (χ0n) is 11.6. The van der Waals surface area contributed by atoms with Crippen LogP contribution in [0.25, 0.3) is 0 Å². The van der Waals surface area contributed by atoms with Gasteiger partial charge in [-0.3, -0.25) is 4.79 Å². The third-order valence-electron chi connectivity index (χ3n) is 3.20. The molecule has 0 aromatic heterocycles. The summed E-state index contributed by atoms with van der Waals surface area (Å²) in [5.41, 5.74) is 5.70. The molecule has 1 saturated heterocycles. The van der Waals surface area contributed by atoms with E-state index >= 15 is 0 Å². The highest BCUT2D eigenvalue weighted by Crippen LogP contribution is 2.22. The summed E-state index contributed by atoms with van der Waals surface area (Å²) in [6, 6.07) is 0.131. The molecule has 0 aromatic rings. The highest BCUT2D eigenvalue weighted by molar-refractivity contribution is 7.99.